The van der Waals surface area contributed by atoms with Gasteiger partial charge < -0.3 is 0 Å². The molecule has 0 N–H and O–H groups in total. The third kappa shape index (κ3) is 2.56. The standard InChI is InChI=1S/C9H9ClO3S/c1-14(12,13)8-4-2-3-7(5-8)9(11)6-10/h2-5H,6H2,1H3. The molecular formula is C9H9ClO3S. The van der Waals surface area contributed by atoms with Crippen LogP contribution in [0.2, 0.25) is 0 Å². The van der Waals surface area contributed by atoms with E-state index in [-0.39, 0.29) is 16.6 Å². The molecule has 0 radical (unpaired) electrons. The van der Waals surface area contributed by atoms with Crippen molar-refractivity contribution in [1.29, 1.82) is 0 Å². The fourth-order valence-electron chi connectivity index (χ4n) is 0.977. The monoisotopic (exact) mass is 232 g/mol. The van der Waals surface area contributed by atoms with Crippen LogP contribution in [0, 0.1) is 0 Å². The molecule has 0 saturated carbocycles. The number of rotatable bonds is 3. The van der Waals surface area contributed by atoms with Crippen LogP contribution in [0.5, 0.6) is 0 Å². The number of benzene rings is 1. The van der Waals surface area contributed by atoms with Crippen molar-refractivity contribution in [3.05, 3.63) is 29.8 Å². The highest BCUT2D eigenvalue weighted by molar-refractivity contribution is 7.90. The van der Waals surface area contributed by atoms with Gasteiger partial charge in [0.05, 0.1) is 10.8 Å². The van der Waals surface area contributed by atoms with Crippen LogP contribution < -0.4 is 0 Å². The summed E-state index contributed by atoms with van der Waals surface area (Å²) in [4.78, 5) is 11.3. The number of carbonyl (C=O) groups excluding carboxylic acids is 1. The highest BCUT2D eigenvalue weighted by Gasteiger charge is 2.10. The smallest absolute Gasteiger partial charge is 0.177 e. The average Bonchev–Trinajstić information content (AvgIpc) is 2.15. The van der Waals surface area contributed by atoms with Gasteiger partial charge in [0.25, 0.3) is 0 Å². The summed E-state index contributed by atoms with van der Waals surface area (Å²) in [6.07, 6.45) is 1.09. The molecule has 5 heteroatoms. The van der Waals surface area contributed by atoms with E-state index in [1.807, 2.05) is 0 Å². The number of alkyl halides is 1. The Morgan fingerprint density at radius 2 is 2.07 bits per heavy atom. The molecule has 0 aliphatic heterocycles. The van der Waals surface area contributed by atoms with E-state index in [2.05, 4.69) is 0 Å². The zero-order valence-electron chi connectivity index (χ0n) is 7.53. The van der Waals surface area contributed by atoms with E-state index in [1.54, 1.807) is 6.07 Å². The van der Waals surface area contributed by atoms with Gasteiger partial charge in [0.15, 0.2) is 15.6 Å². The molecule has 0 aliphatic carbocycles. The predicted octanol–water partition coefficient (Wildman–Crippen LogP) is 1.51. The number of carbonyl (C=O) groups is 1. The van der Waals surface area contributed by atoms with Crippen LogP contribution >= 0.6 is 11.6 Å². The molecule has 0 aliphatic rings. The Labute approximate surface area is 87.6 Å². The number of hydrogen-bond donors (Lipinski definition) is 0. The highest BCUT2D eigenvalue weighted by Crippen LogP contribution is 2.12. The summed E-state index contributed by atoms with van der Waals surface area (Å²) in [6.45, 7) is 0. The zero-order chi connectivity index (χ0) is 10.8. The Morgan fingerprint density at radius 1 is 1.43 bits per heavy atom. The summed E-state index contributed by atoms with van der Waals surface area (Å²) in [5, 5.41) is 0. The van der Waals surface area contributed by atoms with Crippen molar-refractivity contribution >= 4 is 27.2 Å². The van der Waals surface area contributed by atoms with Gasteiger partial charge in [-0.05, 0) is 12.1 Å². The van der Waals surface area contributed by atoms with E-state index in [1.165, 1.54) is 18.2 Å². The lowest BCUT2D eigenvalue weighted by atomic mass is 10.1. The first-order chi connectivity index (χ1) is 6.45. The molecular weight excluding hydrogens is 224 g/mol. The quantitative estimate of drug-likeness (QED) is 0.586. The van der Waals surface area contributed by atoms with Crippen molar-refractivity contribution in [3.8, 4) is 0 Å². The maximum atomic E-state index is 11.2. The van der Waals surface area contributed by atoms with Crippen molar-refractivity contribution in [2.24, 2.45) is 0 Å². The minimum Gasteiger partial charge on any atom is -0.293 e. The van der Waals surface area contributed by atoms with E-state index in [0.29, 0.717) is 5.56 Å². The van der Waals surface area contributed by atoms with Crippen LogP contribution in [0.1, 0.15) is 10.4 Å². The van der Waals surface area contributed by atoms with Crippen LogP contribution in [0.25, 0.3) is 0 Å². The predicted molar refractivity (Wildman–Crippen MR) is 54.6 cm³/mol. The molecule has 0 heterocycles. The number of hydrogen-bond acceptors (Lipinski definition) is 3. The van der Waals surface area contributed by atoms with Gasteiger partial charge in [-0.1, -0.05) is 12.1 Å². The van der Waals surface area contributed by atoms with E-state index in [9.17, 15) is 13.2 Å². The Balaban J connectivity index is 3.21. The molecule has 0 bridgehead atoms. The third-order valence-electron chi connectivity index (χ3n) is 1.71. The topological polar surface area (TPSA) is 51.2 Å². The minimum absolute atomic E-state index is 0.133. The molecule has 0 unspecified atom stereocenters. The van der Waals surface area contributed by atoms with Crippen molar-refractivity contribution in [1.82, 2.24) is 0 Å². The molecule has 0 spiro atoms. The van der Waals surface area contributed by atoms with Crippen LogP contribution in [0.15, 0.2) is 29.2 Å². The molecule has 3 nitrogen and oxygen atoms in total. The number of ketones is 1. The summed E-state index contributed by atoms with van der Waals surface area (Å²) in [5.41, 5.74) is 0.322. The lowest BCUT2D eigenvalue weighted by molar-refractivity contribution is 0.102. The lowest BCUT2D eigenvalue weighted by Crippen LogP contribution is -2.03. The number of halogens is 1. The maximum absolute atomic E-state index is 11.2. The van der Waals surface area contributed by atoms with Gasteiger partial charge in [-0.25, -0.2) is 8.42 Å². The highest BCUT2D eigenvalue weighted by atomic mass is 35.5. The third-order valence-corrected chi connectivity index (χ3v) is 3.06. The van der Waals surface area contributed by atoms with Gasteiger partial charge in [0.2, 0.25) is 0 Å². The molecule has 0 aromatic heterocycles. The Kier molecular flexibility index (Phi) is 3.29. The van der Waals surface area contributed by atoms with Crippen LogP contribution in [0.3, 0.4) is 0 Å². The van der Waals surface area contributed by atoms with Gasteiger partial charge >= 0.3 is 0 Å². The van der Waals surface area contributed by atoms with Crippen LogP contribution in [-0.2, 0) is 9.84 Å². The second kappa shape index (κ2) is 4.11. The van der Waals surface area contributed by atoms with Crippen LogP contribution in [-0.4, -0.2) is 26.3 Å². The molecule has 1 aromatic rings. The van der Waals surface area contributed by atoms with Crippen molar-refractivity contribution in [2.45, 2.75) is 4.90 Å². The summed E-state index contributed by atoms with van der Waals surface area (Å²) in [5.74, 6) is -0.426. The van der Waals surface area contributed by atoms with Crippen molar-refractivity contribution in [3.63, 3.8) is 0 Å². The van der Waals surface area contributed by atoms with Gasteiger partial charge in [-0.2, -0.15) is 0 Å². The normalized spacial score (nSPS) is 11.3. The zero-order valence-corrected chi connectivity index (χ0v) is 9.10. The van der Waals surface area contributed by atoms with E-state index >= 15 is 0 Å². The van der Waals surface area contributed by atoms with Crippen molar-refractivity contribution in [2.75, 3.05) is 12.1 Å². The summed E-state index contributed by atoms with van der Waals surface area (Å²) in [7, 11) is -3.26. The van der Waals surface area contributed by atoms with Gasteiger partial charge in [-0.3, -0.25) is 4.79 Å². The first-order valence-electron chi connectivity index (χ1n) is 3.84. The first kappa shape index (κ1) is 11.2. The Bertz CT molecular complexity index is 451. The van der Waals surface area contributed by atoms with Gasteiger partial charge in [-0.15, -0.1) is 11.6 Å². The summed E-state index contributed by atoms with van der Waals surface area (Å²) >= 11 is 5.35. The second-order valence-corrected chi connectivity index (χ2v) is 5.14. The van der Waals surface area contributed by atoms with E-state index < -0.39 is 9.84 Å². The minimum atomic E-state index is -3.26. The van der Waals surface area contributed by atoms with Crippen molar-refractivity contribution < 1.29 is 13.2 Å². The van der Waals surface area contributed by atoms with Gasteiger partial charge in [0, 0.05) is 11.8 Å². The maximum Gasteiger partial charge on any atom is 0.177 e. The molecule has 0 atom stereocenters. The Hall–Kier alpha value is -0.870. The largest absolute Gasteiger partial charge is 0.293 e. The lowest BCUT2D eigenvalue weighted by Gasteiger charge is -2.00. The number of sulfone groups is 1. The summed E-state index contributed by atoms with van der Waals surface area (Å²) < 4.78 is 22.3. The van der Waals surface area contributed by atoms with Crippen LogP contribution in [0.4, 0.5) is 0 Å². The first-order valence-corrected chi connectivity index (χ1v) is 6.27. The molecule has 0 fully saturated rings. The molecule has 1 rings (SSSR count). The second-order valence-electron chi connectivity index (χ2n) is 2.86. The Morgan fingerprint density at radius 3 is 2.57 bits per heavy atom. The summed E-state index contributed by atoms with van der Waals surface area (Å²) in [6, 6.07) is 5.84. The fourth-order valence-corrected chi connectivity index (χ4v) is 1.80. The molecule has 14 heavy (non-hydrogen) atoms. The fraction of sp³-hybridized carbons (Fsp3) is 0.222. The molecule has 0 amide bonds. The van der Waals surface area contributed by atoms with E-state index in [0.717, 1.165) is 6.26 Å². The van der Waals surface area contributed by atoms with Gasteiger partial charge in [0.1, 0.15) is 0 Å². The number of Topliss-reactive ketones (excluding diaryl/α,β-unsaturated/α-hetero) is 1. The average molecular weight is 233 g/mol. The molecule has 76 valence electrons. The SMILES string of the molecule is CS(=O)(=O)c1cccc(C(=O)CCl)c1. The molecule has 0 saturated heterocycles. The molecule has 1 aromatic carbocycles. The van der Waals surface area contributed by atoms with E-state index in [4.69, 9.17) is 11.6 Å².